The van der Waals surface area contributed by atoms with E-state index in [1.165, 1.54) is 7.11 Å². The number of carbonyl (C=O) groups excluding carboxylic acids is 3. The third-order valence-electron chi connectivity index (χ3n) is 2.99. The van der Waals surface area contributed by atoms with Gasteiger partial charge >= 0.3 is 5.97 Å². The van der Waals surface area contributed by atoms with Crippen molar-refractivity contribution >= 4 is 40.4 Å². The zero-order valence-electron chi connectivity index (χ0n) is 10.3. The molecule has 1 aliphatic rings. The normalized spacial score (nSPS) is 15.4. The van der Waals surface area contributed by atoms with Gasteiger partial charge in [-0.3, -0.25) is 14.5 Å². The third kappa shape index (κ3) is 2.36. The number of esters is 1. The molecule has 0 fully saturated rings. The highest BCUT2D eigenvalue weighted by Gasteiger charge is 2.42. The van der Waals surface area contributed by atoms with Crippen molar-refractivity contribution < 1.29 is 19.1 Å². The summed E-state index contributed by atoms with van der Waals surface area (Å²) in [5, 5.41) is 0. The molecule has 6 heteroatoms. The van der Waals surface area contributed by atoms with Crippen LogP contribution in [0.25, 0.3) is 0 Å². The van der Waals surface area contributed by atoms with E-state index in [-0.39, 0.29) is 0 Å². The number of halogens is 1. The number of alkyl halides is 1. The summed E-state index contributed by atoms with van der Waals surface area (Å²) in [7, 11) is 1.25. The Bertz CT molecular complexity index is 508. The van der Waals surface area contributed by atoms with Crippen LogP contribution >= 0.6 is 22.6 Å². The Morgan fingerprint density at radius 1 is 1.26 bits per heavy atom. The van der Waals surface area contributed by atoms with Crippen molar-refractivity contribution in [3.63, 3.8) is 0 Å². The summed E-state index contributed by atoms with van der Waals surface area (Å²) in [6.45, 7) is 0. The molecule has 1 atom stereocenters. The summed E-state index contributed by atoms with van der Waals surface area (Å²) in [5.41, 5.74) is 0.685. The van der Waals surface area contributed by atoms with Crippen LogP contribution in [0, 0.1) is 0 Å². The number of carbonyl (C=O) groups is 3. The van der Waals surface area contributed by atoms with Gasteiger partial charge in [0.15, 0.2) is 0 Å². The fraction of sp³-hybridized carbons (Fsp3) is 0.308. The first kappa shape index (κ1) is 14.0. The number of rotatable bonds is 4. The van der Waals surface area contributed by atoms with Crippen LogP contribution in [0.4, 0.5) is 0 Å². The minimum atomic E-state index is -0.853. The minimum Gasteiger partial charge on any atom is -0.467 e. The molecule has 0 radical (unpaired) electrons. The molecule has 0 unspecified atom stereocenters. The van der Waals surface area contributed by atoms with Crippen molar-refractivity contribution in [3.05, 3.63) is 35.4 Å². The first-order valence-electron chi connectivity index (χ1n) is 5.72. The highest BCUT2D eigenvalue weighted by atomic mass is 127. The zero-order valence-corrected chi connectivity index (χ0v) is 12.4. The predicted octanol–water partition coefficient (Wildman–Crippen LogP) is 1.65. The van der Waals surface area contributed by atoms with Gasteiger partial charge in [-0.05, 0) is 18.6 Å². The van der Waals surface area contributed by atoms with Crippen molar-refractivity contribution in [2.75, 3.05) is 11.5 Å². The Balaban J connectivity index is 2.39. The second-order valence-electron chi connectivity index (χ2n) is 4.04. The Kier molecular flexibility index (Phi) is 4.18. The Morgan fingerprint density at radius 2 is 1.79 bits per heavy atom. The average Bonchev–Trinajstić information content (AvgIpc) is 2.68. The van der Waals surface area contributed by atoms with Gasteiger partial charge in [-0.15, -0.1) is 0 Å². The molecule has 0 saturated heterocycles. The maximum Gasteiger partial charge on any atom is 0.329 e. The highest BCUT2D eigenvalue weighted by molar-refractivity contribution is 14.1. The molecule has 1 heterocycles. The summed E-state index contributed by atoms with van der Waals surface area (Å²) >= 11 is 2.10. The number of hydrogen-bond acceptors (Lipinski definition) is 4. The molecule has 0 bridgehead atoms. The van der Waals surface area contributed by atoms with Gasteiger partial charge < -0.3 is 4.74 Å². The smallest absolute Gasteiger partial charge is 0.329 e. The number of hydrogen-bond donors (Lipinski definition) is 0. The van der Waals surface area contributed by atoms with Gasteiger partial charge in [0.2, 0.25) is 0 Å². The average molecular weight is 373 g/mol. The van der Waals surface area contributed by atoms with Gasteiger partial charge in [-0.1, -0.05) is 34.7 Å². The van der Waals surface area contributed by atoms with E-state index in [1.54, 1.807) is 24.3 Å². The SMILES string of the molecule is COC(=O)[C@H](CCI)N1C(=O)c2ccccc2C1=O. The number of ether oxygens (including phenoxy) is 1. The van der Waals surface area contributed by atoms with Crippen LogP contribution in [0.2, 0.25) is 0 Å². The number of fused-ring (bicyclic) bond motifs is 1. The van der Waals surface area contributed by atoms with Gasteiger partial charge in [0, 0.05) is 4.43 Å². The van der Waals surface area contributed by atoms with Crippen LogP contribution in [-0.4, -0.2) is 40.3 Å². The van der Waals surface area contributed by atoms with E-state index in [1.807, 2.05) is 0 Å². The standard InChI is InChI=1S/C13H12INO4/c1-19-13(18)10(6-7-14)15-11(16)8-4-2-3-5-9(8)12(15)17/h2-5,10H,6-7H2,1H3/t10-/m0/s1. The largest absolute Gasteiger partial charge is 0.467 e. The van der Waals surface area contributed by atoms with E-state index in [4.69, 9.17) is 0 Å². The number of nitrogens with zero attached hydrogens (tertiary/aromatic N) is 1. The molecule has 100 valence electrons. The summed E-state index contributed by atoms with van der Waals surface area (Å²) < 4.78 is 5.33. The summed E-state index contributed by atoms with van der Waals surface area (Å²) in [6.07, 6.45) is 0.388. The van der Waals surface area contributed by atoms with Gasteiger partial charge in [-0.2, -0.15) is 0 Å². The van der Waals surface area contributed by atoms with E-state index >= 15 is 0 Å². The maximum absolute atomic E-state index is 12.2. The molecule has 2 amide bonds. The first-order chi connectivity index (χ1) is 9.11. The number of imide groups is 1. The van der Waals surface area contributed by atoms with Crippen LogP contribution in [0.5, 0.6) is 0 Å². The molecule has 0 saturated carbocycles. The van der Waals surface area contributed by atoms with E-state index in [0.717, 1.165) is 4.90 Å². The lowest BCUT2D eigenvalue weighted by Crippen LogP contribution is -2.45. The first-order valence-corrected chi connectivity index (χ1v) is 7.25. The van der Waals surface area contributed by atoms with Crippen LogP contribution in [-0.2, 0) is 9.53 Å². The molecular weight excluding hydrogens is 361 g/mol. The molecule has 19 heavy (non-hydrogen) atoms. The molecule has 2 rings (SSSR count). The predicted molar refractivity (Wildman–Crippen MR) is 76.3 cm³/mol. The van der Waals surface area contributed by atoms with Crippen LogP contribution in [0.1, 0.15) is 27.1 Å². The molecule has 0 aromatic heterocycles. The Labute approximate surface area is 124 Å². The van der Waals surface area contributed by atoms with E-state index < -0.39 is 23.8 Å². The van der Waals surface area contributed by atoms with Gasteiger partial charge in [0.25, 0.3) is 11.8 Å². The van der Waals surface area contributed by atoms with Crippen LogP contribution in [0.3, 0.4) is 0 Å². The third-order valence-corrected chi connectivity index (χ3v) is 3.62. The van der Waals surface area contributed by atoms with E-state index in [2.05, 4.69) is 27.3 Å². The molecule has 1 aliphatic heterocycles. The minimum absolute atomic E-state index is 0.342. The van der Waals surface area contributed by atoms with Gasteiger partial charge in [-0.25, -0.2) is 4.79 Å². The fourth-order valence-corrected chi connectivity index (χ4v) is 2.67. The highest BCUT2D eigenvalue weighted by Crippen LogP contribution is 2.26. The fourth-order valence-electron chi connectivity index (χ4n) is 2.08. The van der Waals surface area contributed by atoms with Crippen molar-refractivity contribution in [1.29, 1.82) is 0 Å². The number of amides is 2. The lowest BCUT2D eigenvalue weighted by Gasteiger charge is -2.23. The van der Waals surface area contributed by atoms with Crippen molar-refractivity contribution in [1.82, 2.24) is 4.90 Å². The van der Waals surface area contributed by atoms with Crippen LogP contribution in [0.15, 0.2) is 24.3 Å². The van der Waals surface area contributed by atoms with Gasteiger partial charge in [0.1, 0.15) is 6.04 Å². The molecule has 1 aromatic rings. The second kappa shape index (κ2) is 5.68. The Hall–Kier alpha value is -1.44. The topological polar surface area (TPSA) is 63.7 Å². The number of benzene rings is 1. The lowest BCUT2D eigenvalue weighted by molar-refractivity contribution is -0.145. The van der Waals surface area contributed by atoms with Crippen molar-refractivity contribution in [3.8, 4) is 0 Å². The maximum atomic E-state index is 12.2. The zero-order chi connectivity index (χ0) is 14.0. The van der Waals surface area contributed by atoms with Crippen LogP contribution < -0.4 is 0 Å². The lowest BCUT2D eigenvalue weighted by atomic mass is 10.1. The monoisotopic (exact) mass is 373 g/mol. The van der Waals surface area contributed by atoms with Gasteiger partial charge in [0.05, 0.1) is 18.2 Å². The summed E-state index contributed by atoms with van der Waals surface area (Å²) in [5.74, 6) is -1.42. The number of methoxy groups -OCH3 is 1. The summed E-state index contributed by atoms with van der Waals surface area (Å²) in [6, 6.07) is 5.72. The Morgan fingerprint density at radius 3 is 2.21 bits per heavy atom. The molecule has 0 aliphatic carbocycles. The molecule has 0 N–H and O–H groups in total. The van der Waals surface area contributed by atoms with E-state index in [0.29, 0.717) is 22.0 Å². The van der Waals surface area contributed by atoms with Crippen molar-refractivity contribution in [2.24, 2.45) is 0 Å². The quantitative estimate of drug-likeness (QED) is 0.349. The molecule has 5 nitrogen and oxygen atoms in total. The second-order valence-corrected chi connectivity index (χ2v) is 5.12. The molecule has 1 aromatic carbocycles. The molecular formula is C13H12INO4. The van der Waals surface area contributed by atoms with E-state index in [9.17, 15) is 14.4 Å². The molecule has 0 spiro atoms. The van der Waals surface area contributed by atoms with Crippen molar-refractivity contribution in [2.45, 2.75) is 12.5 Å². The summed E-state index contributed by atoms with van der Waals surface area (Å²) in [4.78, 5) is 37.2.